The second-order valence-electron chi connectivity index (χ2n) is 7.33. The van der Waals surface area contributed by atoms with Gasteiger partial charge in [-0.25, -0.2) is 0 Å². The summed E-state index contributed by atoms with van der Waals surface area (Å²) in [5.74, 6) is -0.314. The molecule has 0 fully saturated rings. The molecular weight excluding hydrogens is 380 g/mol. The number of aliphatic hydroxyl groups is 4. The molecule has 0 amide bonds. The molecule has 0 aromatic heterocycles. The SMILES string of the molecule is CCCCCCCCCCCC(=O)OCC(CO)OCC(CO)OC(CO)CO. The van der Waals surface area contributed by atoms with Gasteiger partial charge in [-0.15, -0.1) is 0 Å². The smallest absolute Gasteiger partial charge is 0.305 e. The summed E-state index contributed by atoms with van der Waals surface area (Å²) >= 11 is 0. The largest absolute Gasteiger partial charge is 0.463 e. The van der Waals surface area contributed by atoms with Crippen molar-refractivity contribution < 1.29 is 39.4 Å². The van der Waals surface area contributed by atoms with Gasteiger partial charge in [0.25, 0.3) is 0 Å². The Morgan fingerprint density at radius 1 is 0.690 bits per heavy atom. The third-order valence-corrected chi connectivity index (χ3v) is 4.63. The molecule has 29 heavy (non-hydrogen) atoms. The van der Waals surface area contributed by atoms with E-state index in [1.54, 1.807) is 0 Å². The van der Waals surface area contributed by atoms with E-state index in [0.717, 1.165) is 19.3 Å². The molecule has 2 atom stereocenters. The Bertz CT molecular complexity index is 363. The molecule has 0 rings (SSSR count). The molecule has 0 bridgehead atoms. The summed E-state index contributed by atoms with van der Waals surface area (Å²) in [5, 5.41) is 36.6. The molecule has 174 valence electrons. The van der Waals surface area contributed by atoms with Crippen LogP contribution >= 0.6 is 0 Å². The fraction of sp³-hybridized carbons (Fsp3) is 0.952. The van der Waals surface area contributed by atoms with Crippen molar-refractivity contribution in [2.75, 3.05) is 39.6 Å². The van der Waals surface area contributed by atoms with Crippen LogP contribution < -0.4 is 0 Å². The van der Waals surface area contributed by atoms with Crippen LogP contribution in [-0.4, -0.2) is 84.3 Å². The van der Waals surface area contributed by atoms with Crippen LogP contribution in [0.25, 0.3) is 0 Å². The van der Waals surface area contributed by atoms with E-state index in [9.17, 15) is 15.0 Å². The summed E-state index contributed by atoms with van der Waals surface area (Å²) in [4.78, 5) is 11.8. The van der Waals surface area contributed by atoms with Gasteiger partial charge in [0.1, 0.15) is 24.9 Å². The van der Waals surface area contributed by atoms with Crippen molar-refractivity contribution in [3.63, 3.8) is 0 Å². The molecule has 0 aromatic rings. The fourth-order valence-electron chi connectivity index (χ4n) is 2.79. The van der Waals surface area contributed by atoms with Crippen molar-refractivity contribution in [2.45, 2.75) is 89.4 Å². The zero-order valence-electron chi connectivity index (χ0n) is 18.0. The van der Waals surface area contributed by atoms with Gasteiger partial charge in [0, 0.05) is 6.42 Å². The van der Waals surface area contributed by atoms with Gasteiger partial charge in [0.15, 0.2) is 0 Å². The molecule has 0 heterocycles. The van der Waals surface area contributed by atoms with Gasteiger partial charge in [-0.3, -0.25) is 4.79 Å². The molecule has 4 N–H and O–H groups in total. The van der Waals surface area contributed by atoms with E-state index < -0.39 is 18.3 Å². The highest BCUT2D eigenvalue weighted by atomic mass is 16.6. The highest BCUT2D eigenvalue weighted by molar-refractivity contribution is 5.69. The molecule has 0 radical (unpaired) electrons. The normalized spacial score (nSPS) is 13.6. The maximum Gasteiger partial charge on any atom is 0.305 e. The monoisotopic (exact) mass is 422 g/mol. The van der Waals surface area contributed by atoms with E-state index in [2.05, 4.69) is 6.92 Å². The number of esters is 1. The molecule has 8 nitrogen and oxygen atoms in total. The van der Waals surface area contributed by atoms with Crippen molar-refractivity contribution >= 4 is 5.97 Å². The van der Waals surface area contributed by atoms with Crippen LogP contribution in [0, 0.1) is 0 Å². The summed E-state index contributed by atoms with van der Waals surface area (Å²) in [6.45, 7) is 0.600. The highest BCUT2D eigenvalue weighted by Crippen LogP contribution is 2.11. The Morgan fingerprint density at radius 3 is 1.72 bits per heavy atom. The summed E-state index contributed by atoms with van der Waals surface area (Å²) < 4.78 is 15.8. The van der Waals surface area contributed by atoms with E-state index in [1.807, 2.05) is 0 Å². The maximum atomic E-state index is 11.8. The highest BCUT2D eigenvalue weighted by Gasteiger charge is 2.18. The Balaban J connectivity index is 3.82. The molecule has 0 aliphatic heterocycles. The first kappa shape index (κ1) is 28.2. The van der Waals surface area contributed by atoms with Gasteiger partial charge < -0.3 is 34.6 Å². The standard InChI is InChI=1S/C21H42O8/c1-2-3-4-5-6-7-8-9-10-11-21(26)28-16-19(14-24)27-17-20(15-25)29-18(12-22)13-23/h18-20,22-25H,2-17H2,1H3. The first-order valence-electron chi connectivity index (χ1n) is 11.0. The topological polar surface area (TPSA) is 126 Å². The molecule has 0 saturated carbocycles. The number of hydrogen-bond acceptors (Lipinski definition) is 8. The lowest BCUT2D eigenvalue weighted by Gasteiger charge is -2.23. The number of rotatable bonds is 21. The zero-order valence-corrected chi connectivity index (χ0v) is 18.0. The van der Waals surface area contributed by atoms with Crippen LogP contribution in [0.5, 0.6) is 0 Å². The number of ether oxygens (including phenoxy) is 3. The fourth-order valence-corrected chi connectivity index (χ4v) is 2.79. The third kappa shape index (κ3) is 16.7. The van der Waals surface area contributed by atoms with Gasteiger partial charge in [-0.2, -0.15) is 0 Å². The van der Waals surface area contributed by atoms with E-state index in [0.29, 0.717) is 6.42 Å². The number of aliphatic hydroxyl groups excluding tert-OH is 4. The van der Waals surface area contributed by atoms with Gasteiger partial charge in [-0.05, 0) is 6.42 Å². The first-order chi connectivity index (χ1) is 14.1. The lowest BCUT2D eigenvalue weighted by atomic mass is 10.1. The van der Waals surface area contributed by atoms with Crippen molar-refractivity contribution in [1.82, 2.24) is 0 Å². The third-order valence-electron chi connectivity index (χ3n) is 4.63. The van der Waals surface area contributed by atoms with Crippen molar-refractivity contribution in [3.05, 3.63) is 0 Å². The molecule has 8 heteroatoms. The predicted molar refractivity (Wildman–Crippen MR) is 110 cm³/mol. The van der Waals surface area contributed by atoms with Crippen LogP contribution in [-0.2, 0) is 19.0 Å². The van der Waals surface area contributed by atoms with E-state index in [4.69, 9.17) is 24.4 Å². The Kier molecular flexibility index (Phi) is 20.0. The Morgan fingerprint density at radius 2 is 1.21 bits per heavy atom. The molecule has 0 spiro atoms. The number of hydrogen-bond donors (Lipinski definition) is 4. The predicted octanol–water partition coefficient (Wildman–Crippen LogP) is 1.56. The lowest BCUT2D eigenvalue weighted by molar-refractivity contribution is -0.154. The minimum Gasteiger partial charge on any atom is -0.463 e. The minimum atomic E-state index is -0.808. The van der Waals surface area contributed by atoms with Crippen LogP contribution in [0.2, 0.25) is 0 Å². The van der Waals surface area contributed by atoms with Crippen molar-refractivity contribution in [3.8, 4) is 0 Å². The van der Waals surface area contributed by atoms with Gasteiger partial charge in [0.05, 0.1) is 33.0 Å². The lowest BCUT2D eigenvalue weighted by Crippen LogP contribution is -2.36. The van der Waals surface area contributed by atoms with Crippen LogP contribution in [0.1, 0.15) is 71.1 Å². The van der Waals surface area contributed by atoms with Crippen molar-refractivity contribution in [2.24, 2.45) is 0 Å². The molecule has 2 unspecified atom stereocenters. The summed E-state index contributed by atoms with van der Waals surface area (Å²) in [6, 6.07) is 0. The molecule has 0 aliphatic rings. The van der Waals surface area contributed by atoms with Gasteiger partial charge in [-0.1, -0.05) is 58.3 Å². The maximum absolute atomic E-state index is 11.8. The average Bonchev–Trinajstić information content (AvgIpc) is 2.74. The number of carbonyl (C=O) groups is 1. The van der Waals surface area contributed by atoms with Crippen LogP contribution in [0.3, 0.4) is 0 Å². The van der Waals surface area contributed by atoms with Gasteiger partial charge in [0.2, 0.25) is 0 Å². The summed E-state index contributed by atoms with van der Waals surface area (Å²) in [7, 11) is 0. The molecular formula is C21H42O8. The molecule has 0 aliphatic carbocycles. The second-order valence-corrected chi connectivity index (χ2v) is 7.33. The van der Waals surface area contributed by atoms with Gasteiger partial charge >= 0.3 is 5.97 Å². The van der Waals surface area contributed by atoms with E-state index in [-0.39, 0.29) is 45.6 Å². The molecule has 0 saturated heterocycles. The van der Waals surface area contributed by atoms with E-state index >= 15 is 0 Å². The van der Waals surface area contributed by atoms with Crippen LogP contribution in [0.15, 0.2) is 0 Å². The molecule has 0 aromatic carbocycles. The minimum absolute atomic E-state index is 0.0615. The summed E-state index contributed by atoms with van der Waals surface area (Å²) in [6.07, 6.45) is 8.64. The van der Waals surface area contributed by atoms with E-state index in [1.165, 1.54) is 38.5 Å². The zero-order chi connectivity index (χ0) is 21.7. The Labute approximate surface area is 175 Å². The van der Waals surface area contributed by atoms with Crippen LogP contribution in [0.4, 0.5) is 0 Å². The number of unbranched alkanes of at least 4 members (excludes halogenated alkanes) is 8. The van der Waals surface area contributed by atoms with Crippen molar-refractivity contribution in [1.29, 1.82) is 0 Å². The Hall–Kier alpha value is -0.770. The average molecular weight is 423 g/mol. The quantitative estimate of drug-likeness (QED) is 0.162. The number of carbonyl (C=O) groups excluding carboxylic acids is 1. The second kappa shape index (κ2) is 20.5. The summed E-state index contributed by atoms with van der Waals surface area (Å²) in [5.41, 5.74) is 0. The first-order valence-corrected chi connectivity index (χ1v) is 11.0.